The van der Waals surface area contributed by atoms with Crippen molar-refractivity contribution in [1.29, 1.82) is 0 Å². The standard InChI is InChI=1S/C17H21N5O/c1-12-6-7-18-17(19-12)21-9-13(10-21)11-22-16(23)8-14-4-2-3-5-15(14)20-22/h6-8,13H,2-5,9-11H2,1H3. The lowest BCUT2D eigenvalue weighted by Gasteiger charge is -2.39. The largest absolute Gasteiger partial charge is 0.340 e. The number of hydrogen-bond acceptors (Lipinski definition) is 5. The second-order valence-electron chi connectivity index (χ2n) is 6.61. The van der Waals surface area contributed by atoms with Crippen LogP contribution in [0.25, 0.3) is 0 Å². The molecule has 23 heavy (non-hydrogen) atoms. The summed E-state index contributed by atoms with van der Waals surface area (Å²) in [5.41, 5.74) is 3.29. The van der Waals surface area contributed by atoms with E-state index in [0.29, 0.717) is 12.5 Å². The molecule has 1 saturated heterocycles. The van der Waals surface area contributed by atoms with Gasteiger partial charge in [-0.2, -0.15) is 5.10 Å². The summed E-state index contributed by atoms with van der Waals surface area (Å²) in [5.74, 6) is 1.22. The Morgan fingerprint density at radius 2 is 2.09 bits per heavy atom. The van der Waals surface area contributed by atoms with Crippen molar-refractivity contribution in [3.63, 3.8) is 0 Å². The van der Waals surface area contributed by atoms with Crippen molar-refractivity contribution in [3.8, 4) is 0 Å². The number of fused-ring (bicyclic) bond motifs is 1. The summed E-state index contributed by atoms with van der Waals surface area (Å²) in [6.45, 7) is 4.43. The predicted octanol–water partition coefficient (Wildman–Crippen LogP) is 1.36. The van der Waals surface area contributed by atoms with Gasteiger partial charge in [-0.25, -0.2) is 14.6 Å². The van der Waals surface area contributed by atoms with Gasteiger partial charge in [0, 0.05) is 37.0 Å². The first-order valence-corrected chi connectivity index (χ1v) is 8.33. The molecule has 0 bridgehead atoms. The number of anilines is 1. The summed E-state index contributed by atoms with van der Waals surface area (Å²) in [7, 11) is 0. The predicted molar refractivity (Wildman–Crippen MR) is 87.6 cm³/mol. The van der Waals surface area contributed by atoms with E-state index in [1.807, 2.05) is 13.0 Å². The van der Waals surface area contributed by atoms with E-state index in [0.717, 1.165) is 48.8 Å². The van der Waals surface area contributed by atoms with E-state index >= 15 is 0 Å². The molecule has 0 N–H and O–H groups in total. The highest BCUT2D eigenvalue weighted by molar-refractivity contribution is 5.34. The Balaban J connectivity index is 1.43. The van der Waals surface area contributed by atoms with Gasteiger partial charge in [0.25, 0.3) is 5.56 Å². The van der Waals surface area contributed by atoms with Gasteiger partial charge in [0.1, 0.15) is 0 Å². The first-order chi connectivity index (χ1) is 11.2. The van der Waals surface area contributed by atoms with Gasteiger partial charge in [-0.15, -0.1) is 0 Å². The average molecular weight is 311 g/mol. The van der Waals surface area contributed by atoms with Crippen LogP contribution in [0.5, 0.6) is 0 Å². The quantitative estimate of drug-likeness (QED) is 0.856. The van der Waals surface area contributed by atoms with Crippen molar-refractivity contribution in [1.82, 2.24) is 19.7 Å². The molecule has 0 spiro atoms. The van der Waals surface area contributed by atoms with Crippen molar-refractivity contribution in [2.24, 2.45) is 5.92 Å². The van der Waals surface area contributed by atoms with Crippen LogP contribution in [0.3, 0.4) is 0 Å². The highest BCUT2D eigenvalue weighted by Crippen LogP contribution is 2.22. The molecule has 2 aliphatic rings. The van der Waals surface area contributed by atoms with Gasteiger partial charge in [-0.3, -0.25) is 4.79 Å². The molecule has 0 radical (unpaired) electrons. The minimum atomic E-state index is 0.0379. The van der Waals surface area contributed by atoms with Crippen LogP contribution in [0.1, 0.15) is 29.8 Å². The van der Waals surface area contributed by atoms with Crippen molar-refractivity contribution in [3.05, 3.63) is 45.6 Å². The second-order valence-corrected chi connectivity index (χ2v) is 6.61. The Kier molecular flexibility index (Phi) is 3.59. The molecule has 120 valence electrons. The molecule has 1 aliphatic heterocycles. The molecule has 6 heteroatoms. The van der Waals surface area contributed by atoms with E-state index in [2.05, 4.69) is 20.0 Å². The molecule has 0 atom stereocenters. The summed E-state index contributed by atoms with van der Waals surface area (Å²) in [6, 6.07) is 3.69. The summed E-state index contributed by atoms with van der Waals surface area (Å²) in [6.07, 6.45) is 6.15. The second kappa shape index (κ2) is 5.76. The molecule has 0 amide bonds. The summed E-state index contributed by atoms with van der Waals surface area (Å²) >= 11 is 0. The van der Waals surface area contributed by atoms with E-state index < -0.39 is 0 Å². The lowest BCUT2D eigenvalue weighted by molar-refractivity contribution is 0.328. The van der Waals surface area contributed by atoms with Crippen LogP contribution in [-0.2, 0) is 19.4 Å². The zero-order valence-corrected chi connectivity index (χ0v) is 13.4. The highest BCUT2D eigenvalue weighted by Gasteiger charge is 2.29. The van der Waals surface area contributed by atoms with Gasteiger partial charge in [0.05, 0.1) is 12.2 Å². The first-order valence-electron chi connectivity index (χ1n) is 8.33. The lowest BCUT2D eigenvalue weighted by Crippen LogP contribution is -2.50. The van der Waals surface area contributed by atoms with Crippen LogP contribution in [0.15, 0.2) is 23.1 Å². The fourth-order valence-electron chi connectivity index (χ4n) is 3.41. The van der Waals surface area contributed by atoms with Crippen LogP contribution >= 0.6 is 0 Å². The number of rotatable bonds is 3. The summed E-state index contributed by atoms with van der Waals surface area (Å²) < 4.78 is 1.66. The van der Waals surface area contributed by atoms with Crippen LogP contribution in [0.2, 0.25) is 0 Å². The van der Waals surface area contributed by atoms with Crippen LogP contribution in [0, 0.1) is 12.8 Å². The topological polar surface area (TPSA) is 63.9 Å². The number of aryl methyl sites for hydroxylation is 3. The molecule has 0 aromatic carbocycles. The van der Waals surface area contributed by atoms with Crippen LogP contribution in [-0.4, -0.2) is 32.8 Å². The Bertz CT molecular complexity index is 779. The summed E-state index contributed by atoms with van der Waals surface area (Å²) in [4.78, 5) is 23.1. The summed E-state index contributed by atoms with van der Waals surface area (Å²) in [5, 5.41) is 4.60. The Morgan fingerprint density at radius 1 is 1.26 bits per heavy atom. The van der Waals surface area contributed by atoms with Crippen molar-refractivity contribution >= 4 is 5.95 Å². The number of nitrogens with zero attached hydrogens (tertiary/aromatic N) is 5. The fourth-order valence-corrected chi connectivity index (χ4v) is 3.41. The maximum Gasteiger partial charge on any atom is 0.267 e. The molecule has 1 aliphatic carbocycles. The molecular formula is C17H21N5O. The van der Waals surface area contributed by atoms with Crippen molar-refractivity contribution in [2.75, 3.05) is 18.0 Å². The zero-order valence-electron chi connectivity index (χ0n) is 13.4. The first kappa shape index (κ1) is 14.4. The van der Waals surface area contributed by atoms with Crippen LogP contribution in [0.4, 0.5) is 5.95 Å². The van der Waals surface area contributed by atoms with Gasteiger partial charge in [0.2, 0.25) is 5.95 Å². The van der Waals surface area contributed by atoms with Gasteiger partial charge < -0.3 is 4.90 Å². The Morgan fingerprint density at radius 3 is 2.91 bits per heavy atom. The SMILES string of the molecule is Cc1ccnc(N2CC(Cn3nc4c(cc3=O)CCCC4)C2)n1. The van der Waals surface area contributed by atoms with E-state index in [1.165, 1.54) is 12.8 Å². The average Bonchev–Trinajstić information content (AvgIpc) is 2.50. The molecule has 4 rings (SSSR count). The molecular weight excluding hydrogens is 290 g/mol. The molecule has 0 saturated carbocycles. The minimum Gasteiger partial charge on any atom is -0.340 e. The van der Waals surface area contributed by atoms with Gasteiger partial charge in [-0.1, -0.05) is 0 Å². The van der Waals surface area contributed by atoms with Gasteiger partial charge in [-0.05, 0) is 44.2 Å². The fraction of sp³-hybridized carbons (Fsp3) is 0.529. The monoisotopic (exact) mass is 311 g/mol. The van der Waals surface area contributed by atoms with E-state index in [1.54, 1.807) is 16.9 Å². The lowest BCUT2D eigenvalue weighted by atomic mass is 9.97. The van der Waals surface area contributed by atoms with Crippen molar-refractivity contribution < 1.29 is 0 Å². The van der Waals surface area contributed by atoms with Gasteiger partial charge >= 0.3 is 0 Å². The third-order valence-electron chi connectivity index (χ3n) is 4.73. The molecule has 1 fully saturated rings. The minimum absolute atomic E-state index is 0.0379. The number of hydrogen-bond donors (Lipinski definition) is 0. The van der Waals surface area contributed by atoms with Crippen LogP contribution < -0.4 is 10.5 Å². The maximum absolute atomic E-state index is 12.2. The highest BCUT2D eigenvalue weighted by atomic mass is 16.1. The van der Waals surface area contributed by atoms with Crippen molar-refractivity contribution in [2.45, 2.75) is 39.2 Å². The normalized spacial score (nSPS) is 17.7. The van der Waals surface area contributed by atoms with E-state index in [4.69, 9.17) is 0 Å². The third kappa shape index (κ3) is 2.85. The van der Waals surface area contributed by atoms with E-state index in [-0.39, 0.29) is 5.56 Å². The molecule has 2 aromatic heterocycles. The molecule has 3 heterocycles. The molecule has 6 nitrogen and oxygen atoms in total. The maximum atomic E-state index is 12.2. The smallest absolute Gasteiger partial charge is 0.267 e. The Labute approximate surface area is 135 Å². The van der Waals surface area contributed by atoms with Gasteiger partial charge in [0.15, 0.2) is 0 Å². The Hall–Kier alpha value is -2.24. The zero-order chi connectivity index (χ0) is 15.8. The third-order valence-corrected chi connectivity index (χ3v) is 4.73. The molecule has 0 unspecified atom stereocenters. The number of aromatic nitrogens is 4. The van der Waals surface area contributed by atoms with E-state index in [9.17, 15) is 4.79 Å². The molecule has 2 aromatic rings.